The third kappa shape index (κ3) is 1.22. The summed E-state index contributed by atoms with van der Waals surface area (Å²) in [6, 6.07) is 11.5. The van der Waals surface area contributed by atoms with E-state index in [9.17, 15) is 14.7 Å². The molecule has 0 spiro atoms. The number of benzene rings is 2. The first kappa shape index (κ1) is 9.78. The van der Waals surface area contributed by atoms with E-state index >= 15 is 0 Å². The third-order valence-corrected chi connectivity index (χ3v) is 2.93. The van der Waals surface area contributed by atoms with Gasteiger partial charge in [0.25, 0.3) is 0 Å². The minimum Gasteiger partial charge on any atom is -0.507 e. The summed E-state index contributed by atoms with van der Waals surface area (Å²) in [5, 5.41) is 9.84. The highest BCUT2D eigenvalue weighted by atomic mass is 16.3. The first-order chi connectivity index (χ1) is 8.20. The summed E-state index contributed by atoms with van der Waals surface area (Å²) in [6.07, 6.45) is 0. The molecule has 2 aromatic carbocycles. The van der Waals surface area contributed by atoms with Gasteiger partial charge >= 0.3 is 0 Å². The van der Waals surface area contributed by atoms with Gasteiger partial charge in [-0.05, 0) is 11.6 Å². The second kappa shape index (κ2) is 3.28. The molecule has 1 aliphatic carbocycles. The minimum absolute atomic E-state index is 0.0239. The van der Waals surface area contributed by atoms with Crippen LogP contribution in [0.25, 0.3) is 11.1 Å². The molecule has 0 aromatic heterocycles. The third-order valence-electron chi connectivity index (χ3n) is 2.93. The largest absolute Gasteiger partial charge is 0.507 e. The average molecular weight is 224 g/mol. The Bertz CT molecular complexity index is 656. The molecule has 0 bridgehead atoms. The van der Waals surface area contributed by atoms with Crippen LogP contribution >= 0.6 is 0 Å². The number of hydrogen-bond donors (Lipinski definition) is 1. The Morgan fingerprint density at radius 3 is 2.06 bits per heavy atom. The molecule has 0 unspecified atom stereocenters. The number of fused-ring (bicyclic) bond motifs is 3. The summed E-state index contributed by atoms with van der Waals surface area (Å²) < 4.78 is 0. The van der Waals surface area contributed by atoms with Gasteiger partial charge in [0, 0.05) is 16.7 Å². The van der Waals surface area contributed by atoms with Crippen LogP contribution in [0, 0.1) is 0 Å². The Labute approximate surface area is 97.3 Å². The van der Waals surface area contributed by atoms with Crippen molar-refractivity contribution >= 4 is 11.6 Å². The van der Waals surface area contributed by atoms with E-state index in [0.717, 1.165) is 0 Å². The highest BCUT2D eigenvalue weighted by Crippen LogP contribution is 2.38. The van der Waals surface area contributed by atoms with Crippen LogP contribution in [0.1, 0.15) is 20.7 Å². The predicted molar refractivity (Wildman–Crippen MR) is 62.2 cm³/mol. The molecule has 82 valence electrons. The lowest BCUT2D eigenvalue weighted by Gasteiger charge is -2.18. The first-order valence-corrected chi connectivity index (χ1v) is 5.20. The summed E-state index contributed by atoms with van der Waals surface area (Å²) in [5.74, 6) is -1.05. The molecule has 0 radical (unpaired) electrons. The van der Waals surface area contributed by atoms with Gasteiger partial charge in [-0.2, -0.15) is 0 Å². The van der Waals surface area contributed by atoms with Crippen LogP contribution in [0.2, 0.25) is 0 Å². The second-order valence-corrected chi connectivity index (χ2v) is 3.90. The van der Waals surface area contributed by atoms with Gasteiger partial charge < -0.3 is 5.11 Å². The fourth-order valence-electron chi connectivity index (χ4n) is 2.16. The zero-order valence-electron chi connectivity index (χ0n) is 8.81. The molecule has 0 saturated heterocycles. The van der Waals surface area contributed by atoms with Crippen LogP contribution in [0.4, 0.5) is 0 Å². The number of rotatable bonds is 0. The van der Waals surface area contributed by atoms with Gasteiger partial charge in [-0.3, -0.25) is 9.59 Å². The number of Topliss-reactive ketones (excluding diaryl/α,β-unsaturated/α-hetero) is 2. The van der Waals surface area contributed by atoms with Crippen molar-refractivity contribution < 1.29 is 14.7 Å². The van der Waals surface area contributed by atoms with Gasteiger partial charge in [-0.1, -0.05) is 36.4 Å². The van der Waals surface area contributed by atoms with Crippen molar-refractivity contribution in [3.05, 3.63) is 53.6 Å². The quantitative estimate of drug-likeness (QED) is 0.699. The molecule has 0 amide bonds. The summed E-state index contributed by atoms with van der Waals surface area (Å²) in [6.45, 7) is 0. The molecule has 1 N–H and O–H groups in total. The van der Waals surface area contributed by atoms with Crippen LogP contribution in [0.5, 0.6) is 5.75 Å². The van der Waals surface area contributed by atoms with Gasteiger partial charge in [-0.15, -0.1) is 0 Å². The molecule has 0 aliphatic heterocycles. The van der Waals surface area contributed by atoms with E-state index < -0.39 is 11.6 Å². The number of ketones is 2. The molecule has 0 fully saturated rings. The topological polar surface area (TPSA) is 54.4 Å². The molecular weight excluding hydrogens is 216 g/mol. The van der Waals surface area contributed by atoms with Gasteiger partial charge in [0.05, 0.1) is 0 Å². The Morgan fingerprint density at radius 2 is 1.29 bits per heavy atom. The Balaban J connectivity index is 2.45. The molecule has 2 aromatic rings. The van der Waals surface area contributed by atoms with E-state index in [0.29, 0.717) is 16.7 Å². The Kier molecular flexibility index (Phi) is 1.89. The minimum atomic E-state index is -0.561. The van der Waals surface area contributed by atoms with Crippen molar-refractivity contribution in [1.29, 1.82) is 0 Å². The zero-order valence-corrected chi connectivity index (χ0v) is 8.81. The number of carbonyl (C=O) groups excluding carboxylic acids is 2. The van der Waals surface area contributed by atoms with E-state index in [4.69, 9.17) is 0 Å². The fourth-order valence-corrected chi connectivity index (χ4v) is 2.16. The number of carbonyl (C=O) groups is 2. The van der Waals surface area contributed by atoms with Gasteiger partial charge in [0.15, 0.2) is 0 Å². The van der Waals surface area contributed by atoms with E-state index in [1.807, 2.05) is 0 Å². The standard InChI is InChI=1S/C14H8O3/c15-11-7-3-6-10-12(11)8-4-1-2-5-9(8)13(16)14(10)17/h1-7,15H. The number of aromatic hydroxyl groups is 1. The van der Waals surface area contributed by atoms with E-state index in [1.54, 1.807) is 36.4 Å². The Hall–Kier alpha value is -2.42. The van der Waals surface area contributed by atoms with Crippen LogP contribution in [-0.4, -0.2) is 16.7 Å². The smallest absolute Gasteiger partial charge is 0.234 e. The summed E-state index contributed by atoms with van der Waals surface area (Å²) >= 11 is 0. The lowest BCUT2D eigenvalue weighted by Crippen LogP contribution is -2.21. The van der Waals surface area contributed by atoms with Crippen molar-refractivity contribution in [2.75, 3.05) is 0 Å². The molecule has 0 atom stereocenters. The van der Waals surface area contributed by atoms with Crippen molar-refractivity contribution in [3.8, 4) is 16.9 Å². The highest BCUT2D eigenvalue weighted by Gasteiger charge is 2.31. The number of hydrogen-bond acceptors (Lipinski definition) is 3. The van der Waals surface area contributed by atoms with Crippen LogP contribution in [0.15, 0.2) is 42.5 Å². The van der Waals surface area contributed by atoms with E-state index in [-0.39, 0.29) is 11.3 Å². The summed E-state index contributed by atoms with van der Waals surface area (Å²) in [5.41, 5.74) is 1.69. The van der Waals surface area contributed by atoms with Crippen molar-refractivity contribution in [2.24, 2.45) is 0 Å². The number of phenols is 1. The van der Waals surface area contributed by atoms with Gasteiger partial charge in [0.2, 0.25) is 11.6 Å². The molecule has 3 heteroatoms. The zero-order chi connectivity index (χ0) is 12.0. The maximum atomic E-state index is 11.9. The van der Waals surface area contributed by atoms with Crippen molar-refractivity contribution in [1.82, 2.24) is 0 Å². The first-order valence-electron chi connectivity index (χ1n) is 5.20. The molecular formula is C14H8O3. The molecule has 3 rings (SSSR count). The molecule has 0 heterocycles. The van der Waals surface area contributed by atoms with Gasteiger partial charge in [0.1, 0.15) is 5.75 Å². The fraction of sp³-hybridized carbons (Fsp3) is 0. The molecule has 17 heavy (non-hydrogen) atoms. The molecule has 0 saturated carbocycles. The molecule has 3 nitrogen and oxygen atoms in total. The van der Waals surface area contributed by atoms with E-state index in [1.165, 1.54) is 6.07 Å². The predicted octanol–water partition coefficient (Wildman–Crippen LogP) is 2.44. The monoisotopic (exact) mass is 224 g/mol. The summed E-state index contributed by atoms with van der Waals surface area (Å²) in [7, 11) is 0. The van der Waals surface area contributed by atoms with Crippen LogP contribution in [0.3, 0.4) is 0 Å². The van der Waals surface area contributed by atoms with Gasteiger partial charge in [-0.25, -0.2) is 0 Å². The number of phenolic OH excluding ortho intramolecular Hbond substituents is 1. The normalized spacial score (nSPS) is 13.2. The second-order valence-electron chi connectivity index (χ2n) is 3.90. The van der Waals surface area contributed by atoms with Crippen LogP contribution < -0.4 is 0 Å². The van der Waals surface area contributed by atoms with Crippen LogP contribution in [-0.2, 0) is 0 Å². The van der Waals surface area contributed by atoms with Crippen molar-refractivity contribution in [3.63, 3.8) is 0 Å². The average Bonchev–Trinajstić information content (AvgIpc) is 2.36. The lowest BCUT2D eigenvalue weighted by atomic mass is 9.83. The maximum absolute atomic E-state index is 11.9. The molecule has 1 aliphatic rings. The maximum Gasteiger partial charge on any atom is 0.234 e. The van der Waals surface area contributed by atoms with Crippen molar-refractivity contribution in [2.45, 2.75) is 0 Å². The SMILES string of the molecule is O=C1C(=O)c2cccc(O)c2-c2ccccc21. The Morgan fingerprint density at radius 1 is 0.706 bits per heavy atom. The van der Waals surface area contributed by atoms with E-state index in [2.05, 4.69) is 0 Å². The summed E-state index contributed by atoms with van der Waals surface area (Å²) in [4.78, 5) is 23.7. The highest BCUT2D eigenvalue weighted by molar-refractivity contribution is 6.53. The lowest BCUT2D eigenvalue weighted by molar-refractivity contribution is 0.0815.